The summed E-state index contributed by atoms with van der Waals surface area (Å²) in [6.45, 7) is 1.21. The second kappa shape index (κ2) is 5.58. The quantitative estimate of drug-likeness (QED) is 0.523. The van der Waals surface area contributed by atoms with Gasteiger partial charge in [-0.15, -0.1) is 0 Å². The summed E-state index contributed by atoms with van der Waals surface area (Å²) in [5, 5.41) is 13.3. The summed E-state index contributed by atoms with van der Waals surface area (Å²) in [5.41, 5.74) is -0.809. The van der Waals surface area contributed by atoms with Crippen LogP contribution in [0.15, 0.2) is 16.6 Å². The Morgan fingerprint density at radius 2 is 2.06 bits per heavy atom. The molecule has 0 atom stereocenters. The highest BCUT2D eigenvalue weighted by Crippen LogP contribution is 2.36. The van der Waals surface area contributed by atoms with E-state index in [9.17, 15) is 19.7 Å². The number of benzene rings is 1. The number of carbonyl (C=O) groups excluding carboxylic acids is 2. The molecule has 0 spiro atoms. The molecule has 0 radical (unpaired) electrons. The Balaban J connectivity index is 3.52. The van der Waals surface area contributed by atoms with E-state index in [2.05, 4.69) is 26.0 Å². The molecular formula is C10H9BrN2O5. The number of anilines is 1. The molecule has 0 heterocycles. The van der Waals surface area contributed by atoms with Gasteiger partial charge in [0.2, 0.25) is 5.91 Å². The fraction of sp³-hybridized carbons (Fsp3) is 0.200. The highest BCUT2D eigenvalue weighted by molar-refractivity contribution is 9.10. The van der Waals surface area contributed by atoms with Crippen molar-refractivity contribution in [3.8, 4) is 0 Å². The standard InChI is InChI=1S/C10H9BrN2O5/c1-5(14)12-8-7(11)4-3-6(10(15)18-2)9(8)13(16)17/h3-4H,1-2H3,(H,12,14). The SMILES string of the molecule is COC(=O)c1ccc(Br)c(NC(C)=O)c1[N+](=O)[O-]. The van der Waals surface area contributed by atoms with Crippen molar-refractivity contribution < 1.29 is 19.2 Å². The number of nitro benzene ring substituents is 1. The number of nitro groups is 1. The van der Waals surface area contributed by atoms with Crippen LogP contribution in [-0.4, -0.2) is 23.9 Å². The second-order valence-electron chi connectivity index (χ2n) is 3.25. The van der Waals surface area contributed by atoms with Crippen molar-refractivity contribution in [1.82, 2.24) is 0 Å². The van der Waals surface area contributed by atoms with Gasteiger partial charge in [0.1, 0.15) is 11.3 Å². The van der Waals surface area contributed by atoms with Crippen LogP contribution in [-0.2, 0) is 9.53 Å². The van der Waals surface area contributed by atoms with Gasteiger partial charge in [0.15, 0.2) is 0 Å². The smallest absolute Gasteiger partial charge is 0.344 e. The van der Waals surface area contributed by atoms with E-state index >= 15 is 0 Å². The van der Waals surface area contributed by atoms with Crippen LogP contribution in [0.3, 0.4) is 0 Å². The minimum atomic E-state index is -0.846. The van der Waals surface area contributed by atoms with E-state index in [0.717, 1.165) is 7.11 Å². The molecule has 0 saturated carbocycles. The lowest BCUT2D eigenvalue weighted by molar-refractivity contribution is -0.384. The number of ether oxygens (including phenoxy) is 1. The van der Waals surface area contributed by atoms with Crippen LogP contribution < -0.4 is 5.32 Å². The van der Waals surface area contributed by atoms with Crippen molar-refractivity contribution in [2.45, 2.75) is 6.92 Å². The minimum absolute atomic E-state index is 0.0737. The molecule has 0 aromatic heterocycles. The molecule has 1 amide bonds. The predicted molar refractivity (Wildman–Crippen MR) is 66.4 cm³/mol. The largest absolute Gasteiger partial charge is 0.465 e. The van der Waals surface area contributed by atoms with Gasteiger partial charge >= 0.3 is 11.7 Å². The zero-order chi connectivity index (χ0) is 13.9. The first-order valence-electron chi connectivity index (χ1n) is 4.71. The van der Waals surface area contributed by atoms with E-state index in [1.54, 1.807) is 0 Å². The zero-order valence-corrected chi connectivity index (χ0v) is 11.1. The van der Waals surface area contributed by atoms with Gasteiger partial charge in [-0.25, -0.2) is 4.79 Å². The fourth-order valence-corrected chi connectivity index (χ4v) is 1.74. The molecule has 1 N–H and O–H groups in total. The van der Waals surface area contributed by atoms with Crippen molar-refractivity contribution in [2.24, 2.45) is 0 Å². The van der Waals surface area contributed by atoms with Crippen molar-refractivity contribution in [3.05, 3.63) is 32.3 Å². The molecule has 0 fully saturated rings. The van der Waals surface area contributed by atoms with E-state index in [4.69, 9.17) is 0 Å². The minimum Gasteiger partial charge on any atom is -0.465 e. The normalized spacial score (nSPS) is 9.72. The number of carbonyl (C=O) groups is 2. The summed E-state index contributed by atoms with van der Waals surface area (Å²) in [6, 6.07) is 2.67. The number of esters is 1. The van der Waals surface area contributed by atoms with Gasteiger partial charge in [0, 0.05) is 11.4 Å². The average molecular weight is 317 g/mol. The van der Waals surface area contributed by atoms with Crippen molar-refractivity contribution in [3.63, 3.8) is 0 Å². The number of nitrogens with zero attached hydrogens (tertiary/aromatic N) is 1. The van der Waals surface area contributed by atoms with Gasteiger partial charge in [-0.3, -0.25) is 14.9 Å². The lowest BCUT2D eigenvalue weighted by Crippen LogP contribution is -2.12. The van der Waals surface area contributed by atoms with Crippen LogP contribution in [0.2, 0.25) is 0 Å². The van der Waals surface area contributed by atoms with E-state index in [-0.39, 0.29) is 11.3 Å². The summed E-state index contributed by atoms with van der Waals surface area (Å²) in [6.07, 6.45) is 0. The molecule has 0 bridgehead atoms. The van der Waals surface area contributed by atoms with Crippen molar-refractivity contribution in [1.29, 1.82) is 0 Å². The maximum atomic E-state index is 11.4. The molecule has 0 saturated heterocycles. The molecular weight excluding hydrogens is 308 g/mol. The molecule has 0 aliphatic rings. The summed E-state index contributed by atoms with van der Waals surface area (Å²) in [4.78, 5) is 32.7. The highest BCUT2D eigenvalue weighted by atomic mass is 79.9. The highest BCUT2D eigenvalue weighted by Gasteiger charge is 2.27. The number of halogens is 1. The van der Waals surface area contributed by atoms with Crippen LogP contribution in [0.25, 0.3) is 0 Å². The van der Waals surface area contributed by atoms with E-state index in [1.165, 1.54) is 19.1 Å². The monoisotopic (exact) mass is 316 g/mol. The summed E-state index contributed by atoms with van der Waals surface area (Å²) >= 11 is 3.08. The number of hydrogen-bond donors (Lipinski definition) is 1. The van der Waals surface area contributed by atoms with Crippen LogP contribution in [0.1, 0.15) is 17.3 Å². The number of methoxy groups -OCH3 is 1. The Bertz CT molecular complexity index is 529. The summed E-state index contributed by atoms with van der Waals surface area (Å²) in [7, 11) is 1.12. The molecule has 0 aliphatic heterocycles. The first-order chi connectivity index (χ1) is 8.38. The fourth-order valence-electron chi connectivity index (χ4n) is 1.33. The number of hydrogen-bond acceptors (Lipinski definition) is 5. The number of amides is 1. The predicted octanol–water partition coefficient (Wildman–Crippen LogP) is 2.10. The molecule has 0 aliphatic carbocycles. The number of nitrogens with one attached hydrogen (secondary N) is 1. The van der Waals surface area contributed by atoms with Crippen molar-refractivity contribution in [2.75, 3.05) is 12.4 Å². The Labute approximate surface area is 110 Å². The molecule has 1 aromatic carbocycles. The van der Waals surface area contributed by atoms with Gasteiger partial charge in [0.25, 0.3) is 0 Å². The van der Waals surface area contributed by atoms with E-state index in [0.29, 0.717) is 4.47 Å². The summed E-state index contributed by atoms with van der Waals surface area (Å²) in [5.74, 6) is -1.33. The molecule has 0 unspecified atom stereocenters. The maximum Gasteiger partial charge on any atom is 0.344 e. The molecule has 18 heavy (non-hydrogen) atoms. The van der Waals surface area contributed by atoms with E-state index < -0.39 is 22.5 Å². The summed E-state index contributed by atoms with van der Waals surface area (Å²) < 4.78 is 4.76. The lowest BCUT2D eigenvalue weighted by atomic mass is 10.1. The number of rotatable bonds is 3. The Hall–Kier alpha value is -1.96. The first kappa shape index (κ1) is 14.1. The van der Waals surface area contributed by atoms with Gasteiger partial charge in [-0.2, -0.15) is 0 Å². The Kier molecular flexibility index (Phi) is 4.38. The van der Waals surface area contributed by atoms with Crippen LogP contribution in [0.4, 0.5) is 11.4 Å². The van der Waals surface area contributed by atoms with Crippen molar-refractivity contribution >= 4 is 39.2 Å². The van der Waals surface area contributed by atoms with Gasteiger partial charge in [0.05, 0.1) is 12.0 Å². The van der Waals surface area contributed by atoms with Gasteiger partial charge in [-0.05, 0) is 28.1 Å². The molecule has 96 valence electrons. The Morgan fingerprint density at radius 3 is 2.50 bits per heavy atom. The molecule has 1 aromatic rings. The van der Waals surface area contributed by atoms with Gasteiger partial charge < -0.3 is 10.1 Å². The zero-order valence-electron chi connectivity index (χ0n) is 9.52. The topological polar surface area (TPSA) is 98.5 Å². The average Bonchev–Trinajstić information content (AvgIpc) is 2.29. The first-order valence-corrected chi connectivity index (χ1v) is 5.50. The third kappa shape index (κ3) is 2.83. The molecule has 1 rings (SSSR count). The maximum absolute atomic E-state index is 11.4. The third-order valence-electron chi connectivity index (χ3n) is 2.02. The third-order valence-corrected chi connectivity index (χ3v) is 2.68. The van der Waals surface area contributed by atoms with Gasteiger partial charge in [-0.1, -0.05) is 0 Å². The second-order valence-corrected chi connectivity index (χ2v) is 4.10. The van der Waals surface area contributed by atoms with Crippen LogP contribution in [0.5, 0.6) is 0 Å². The van der Waals surface area contributed by atoms with Crippen LogP contribution in [0, 0.1) is 10.1 Å². The van der Waals surface area contributed by atoms with Crippen LogP contribution >= 0.6 is 15.9 Å². The lowest BCUT2D eigenvalue weighted by Gasteiger charge is -2.09. The molecule has 7 nitrogen and oxygen atoms in total. The molecule has 8 heteroatoms. The van der Waals surface area contributed by atoms with E-state index in [1.807, 2.05) is 0 Å². The Morgan fingerprint density at radius 1 is 1.44 bits per heavy atom.